The summed E-state index contributed by atoms with van der Waals surface area (Å²) >= 11 is 12.1. The zero-order valence-electron chi connectivity index (χ0n) is 19.2. The zero-order valence-corrected chi connectivity index (χ0v) is 20.7. The van der Waals surface area contributed by atoms with Crippen molar-refractivity contribution in [2.45, 2.75) is 38.9 Å². The van der Waals surface area contributed by atoms with Crippen molar-refractivity contribution in [3.8, 4) is 5.75 Å². The van der Waals surface area contributed by atoms with E-state index in [4.69, 9.17) is 27.9 Å². The Bertz CT molecular complexity index is 1090. The lowest BCUT2D eigenvalue weighted by Gasteiger charge is -2.32. The van der Waals surface area contributed by atoms with E-state index in [0.717, 1.165) is 11.1 Å². The van der Waals surface area contributed by atoms with Gasteiger partial charge in [0, 0.05) is 29.1 Å². The summed E-state index contributed by atoms with van der Waals surface area (Å²) in [7, 11) is 0. The Morgan fingerprint density at radius 2 is 1.59 bits per heavy atom. The van der Waals surface area contributed by atoms with Gasteiger partial charge in [-0.05, 0) is 55.3 Å². The van der Waals surface area contributed by atoms with Crippen LogP contribution >= 0.6 is 23.2 Å². The van der Waals surface area contributed by atoms with E-state index in [2.05, 4.69) is 5.32 Å². The van der Waals surface area contributed by atoms with Crippen LogP contribution in [0.2, 0.25) is 10.0 Å². The standard InChI is InChI=1S/C27H28Cl2N2O3/c1-19(2)30-27(33)25(15-20-7-4-3-5-8-20)31(17-21-11-13-22(28)14-12-21)26(32)18-34-24-10-6-9-23(29)16-24/h3-14,16,19,25H,15,17-18H2,1-2H3,(H,30,33). The summed E-state index contributed by atoms with van der Waals surface area (Å²) in [5.41, 5.74) is 1.81. The van der Waals surface area contributed by atoms with Crippen LogP contribution in [0, 0.1) is 0 Å². The van der Waals surface area contributed by atoms with Gasteiger partial charge in [-0.15, -0.1) is 0 Å². The fraction of sp³-hybridized carbons (Fsp3) is 0.259. The number of rotatable bonds is 10. The maximum absolute atomic E-state index is 13.5. The molecule has 0 aliphatic rings. The van der Waals surface area contributed by atoms with E-state index in [1.165, 1.54) is 0 Å². The van der Waals surface area contributed by atoms with Crippen molar-refractivity contribution in [3.05, 3.63) is 100 Å². The zero-order chi connectivity index (χ0) is 24.5. The Hall–Kier alpha value is -3.02. The predicted molar refractivity (Wildman–Crippen MR) is 136 cm³/mol. The SMILES string of the molecule is CC(C)NC(=O)C(Cc1ccccc1)N(Cc1ccc(Cl)cc1)C(=O)COc1cccc(Cl)c1. The van der Waals surface area contributed by atoms with Gasteiger partial charge in [-0.2, -0.15) is 0 Å². The smallest absolute Gasteiger partial charge is 0.261 e. The number of nitrogens with one attached hydrogen (secondary N) is 1. The summed E-state index contributed by atoms with van der Waals surface area (Å²) < 4.78 is 5.72. The van der Waals surface area contributed by atoms with Gasteiger partial charge < -0.3 is 15.0 Å². The molecule has 1 atom stereocenters. The Morgan fingerprint density at radius 3 is 2.24 bits per heavy atom. The first-order chi connectivity index (χ1) is 16.3. The van der Waals surface area contributed by atoms with Gasteiger partial charge in [0.1, 0.15) is 11.8 Å². The van der Waals surface area contributed by atoms with E-state index in [1.54, 1.807) is 41.3 Å². The summed E-state index contributed by atoms with van der Waals surface area (Å²) in [5.74, 6) is -0.0442. The van der Waals surface area contributed by atoms with Crippen molar-refractivity contribution in [1.29, 1.82) is 0 Å². The van der Waals surface area contributed by atoms with E-state index >= 15 is 0 Å². The van der Waals surface area contributed by atoms with E-state index in [1.807, 2.05) is 56.3 Å². The van der Waals surface area contributed by atoms with E-state index < -0.39 is 6.04 Å². The molecule has 5 nitrogen and oxygen atoms in total. The molecule has 1 N–H and O–H groups in total. The molecule has 2 amide bonds. The van der Waals surface area contributed by atoms with Crippen molar-refractivity contribution in [1.82, 2.24) is 10.2 Å². The molecule has 0 fully saturated rings. The number of amides is 2. The molecule has 7 heteroatoms. The van der Waals surface area contributed by atoms with Gasteiger partial charge >= 0.3 is 0 Å². The van der Waals surface area contributed by atoms with Crippen molar-refractivity contribution in [2.75, 3.05) is 6.61 Å². The van der Waals surface area contributed by atoms with Gasteiger partial charge in [0.05, 0.1) is 0 Å². The van der Waals surface area contributed by atoms with E-state index in [9.17, 15) is 9.59 Å². The first-order valence-corrected chi connectivity index (χ1v) is 11.8. The number of benzene rings is 3. The minimum Gasteiger partial charge on any atom is -0.484 e. The van der Waals surface area contributed by atoms with Crippen molar-refractivity contribution in [2.24, 2.45) is 0 Å². The average molecular weight is 499 g/mol. The lowest BCUT2D eigenvalue weighted by Crippen LogP contribution is -2.52. The van der Waals surface area contributed by atoms with Crippen molar-refractivity contribution < 1.29 is 14.3 Å². The lowest BCUT2D eigenvalue weighted by molar-refractivity contribution is -0.143. The van der Waals surface area contributed by atoms with Gasteiger partial charge in [-0.3, -0.25) is 9.59 Å². The molecule has 0 aromatic heterocycles. The second kappa shape index (κ2) is 12.4. The topological polar surface area (TPSA) is 58.6 Å². The molecule has 0 saturated heterocycles. The normalized spacial score (nSPS) is 11.7. The quantitative estimate of drug-likeness (QED) is 0.399. The van der Waals surface area contributed by atoms with Crippen molar-refractivity contribution in [3.63, 3.8) is 0 Å². The molecule has 1 unspecified atom stereocenters. The fourth-order valence-electron chi connectivity index (χ4n) is 3.51. The molecule has 178 valence electrons. The maximum Gasteiger partial charge on any atom is 0.261 e. The third kappa shape index (κ3) is 7.79. The van der Waals surface area contributed by atoms with Crippen LogP contribution in [0.25, 0.3) is 0 Å². The molecule has 34 heavy (non-hydrogen) atoms. The lowest BCUT2D eigenvalue weighted by atomic mass is 10.0. The number of carbonyl (C=O) groups excluding carboxylic acids is 2. The highest BCUT2D eigenvalue weighted by Crippen LogP contribution is 2.19. The van der Waals surface area contributed by atoms with Crippen LogP contribution in [-0.4, -0.2) is 35.4 Å². The van der Waals surface area contributed by atoms with Gasteiger partial charge in [-0.25, -0.2) is 0 Å². The number of halogens is 2. The Morgan fingerprint density at radius 1 is 0.882 bits per heavy atom. The Balaban J connectivity index is 1.90. The summed E-state index contributed by atoms with van der Waals surface area (Å²) in [6.45, 7) is 3.79. The molecule has 0 aliphatic heterocycles. The summed E-state index contributed by atoms with van der Waals surface area (Å²) in [4.78, 5) is 28.3. The van der Waals surface area contributed by atoms with Crippen LogP contribution in [0.3, 0.4) is 0 Å². The minimum atomic E-state index is -0.726. The molecule has 0 bridgehead atoms. The molecule has 0 radical (unpaired) electrons. The Labute approximate surface area is 210 Å². The first kappa shape index (κ1) is 25.6. The summed E-state index contributed by atoms with van der Waals surface area (Å²) in [6.07, 6.45) is 0.371. The average Bonchev–Trinajstić information content (AvgIpc) is 2.81. The molecule has 0 saturated carbocycles. The van der Waals surface area contributed by atoms with Gasteiger partial charge in [-0.1, -0.05) is 71.7 Å². The van der Waals surface area contributed by atoms with E-state index in [-0.39, 0.29) is 31.0 Å². The highest BCUT2D eigenvalue weighted by molar-refractivity contribution is 6.30. The summed E-state index contributed by atoms with van der Waals surface area (Å²) in [5, 5.41) is 4.08. The third-order valence-electron chi connectivity index (χ3n) is 5.13. The minimum absolute atomic E-state index is 0.0685. The largest absolute Gasteiger partial charge is 0.484 e. The van der Waals surface area contributed by atoms with Crippen LogP contribution in [0.5, 0.6) is 5.75 Å². The number of carbonyl (C=O) groups is 2. The molecular formula is C27H28Cl2N2O3. The molecule has 3 aromatic carbocycles. The molecule has 0 heterocycles. The second-order valence-electron chi connectivity index (χ2n) is 8.26. The molecule has 3 aromatic rings. The van der Waals surface area contributed by atoms with Crippen LogP contribution in [-0.2, 0) is 22.6 Å². The second-order valence-corrected chi connectivity index (χ2v) is 9.14. The van der Waals surface area contributed by atoms with Gasteiger partial charge in [0.25, 0.3) is 5.91 Å². The molecule has 0 aliphatic carbocycles. The highest BCUT2D eigenvalue weighted by Gasteiger charge is 2.31. The number of hydrogen-bond acceptors (Lipinski definition) is 3. The number of ether oxygens (including phenoxy) is 1. The van der Waals surface area contributed by atoms with Crippen LogP contribution in [0.1, 0.15) is 25.0 Å². The van der Waals surface area contributed by atoms with Gasteiger partial charge in [0.15, 0.2) is 6.61 Å². The van der Waals surface area contributed by atoms with E-state index in [0.29, 0.717) is 22.2 Å². The fourth-order valence-corrected chi connectivity index (χ4v) is 3.81. The van der Waals surface area contributed by atoms with Crippen LogP contribution < -0.4 is 10.1 Å². The molecule has 0 spiro atoms. The predicted octanol–water partition coefficient (Wildman–Crippen LogP) is 5.54. The molecule has 3 rings (SSSR count). The van der Waals surface area contributed by atoms with Gasteiger partial charge in [0.2, 0.25) is 5.91 Å². The highest BCUT2D eigenvalue weighted by atomic mass is 35.5. The Kier molecular flexibility index (Phi) is 9.37. The monoisotopic (exact) mass is 498 g/mol. The van der Waals surface area contributed by atoms with Crippen molar-refractivity contribution >= 4 is 35.0 Å². The molecular weight excluding hydrogens is 471 g/mol. The first-order valence-electron chi connectivity index (χ1n) is 11.1. The van der Waals surface area contributed by atoms with Crippen LogP contribution in [0.15, 0.2) is 78.9 Å². The number of nitrogens with zero attached hydrogens (tertiary/aromatic N) is 1. The van der Waals surface area contributed by atoms with Crippen LogP contribution in [0.4, 0.5) is 0 Å². The number of hydrogen-bond donors (Lipinski definition) is 1. The maximum atomic E-state index is 13.5. The third-order valence-corrected chi connectivity index (χ3v) is 5.61. The summed E-state index contributed by atoms with van der Waals surface area (Å²) in [6, 6.07) is 22.9.